The molecule has 0 saturated carbocycles. The Morgan fingerprint density at radius 2 is 2.24 bits per heavy atom. The molecule has 3 aromatic rings. The van der Waals surface area contributed by atoms with E-state index >= 15 is 0 Å². The summed E-state index contributed by atoms with van der Waals surface area (Å²) in [6.45, 7) is 2.17. The van der Waals surface area contributed by atoms with Gasteiger partial charge in [0.2, 0.25) is 0 Å². The Morgan fingerprint density at radius 3 is 2.95 bits per heavy atom. The highest BCUT2D eigenvalue weighted by molar-refractivity contribution is 7.07. The second-order valence-electron chi connectivity index (χ2n) is 5.15. The van der Waals surface area contributed by atoms with Crippen LogP contribution in [0.5, 0.6) is 0 Å². The van der Waals surface area contributed by atoms with Crippen molar-refractivity contribution in [3.05, 3.63) is 52.2 Å². The number of alkyl halides is 1. The van der Waals surface area contributed by atoms with E-state index in [0.717, 1.165) is 17.8 Å². The van der Waals surface area contributed by atoms with Crippen molar-refractivity contribution in [2.75, 3.05) is 5.88 Å². The van der Waals surface area contributed by atoms with Crippen LogP contribution < -0.4 is 0 Å². The first kappa shape index (κ1) is 14.5. The number of rotatable bonds is 5. The van der Waals surface area contributed by atoms with Gasteiger partial charge in [-0.05, 0) is 47.9 Å². The fourth-order valence-corrected chi connectivity index (χ4v) is 3.57. The van der Waals surface area contributed by atoms with Crippen LogP contribution in [0.1, 0.15) is 24.4 Å². The van der Waals surface area contributed by atoms with Crippen LogP contribution in [0, 0.1) is 5.82 Å². The van der Waals surface area contributed by atoms with Gasteiger partial charge in [-0.2, -0.15) is 11.3 Å². The van der Waals surface area contributed by atoms with Crippen LogP contribution in [0.15, 0.2) is 35.0 Å². The van der Waals surface area contributed by atoms with Crippen molar-refractivity contribution in [1.82, 2.24) is 9.55 Å². The summed E-state index contributed by atoms with van der Waals surface area (Å²) in [5, 5.41) is 4.25. The average Bonchev–Trinajstić information content (AvgIpc) is 3.05. The Labute approximate surface area is 132 Å². The lowest BCUT2D eigenvalue weighted by Gasteiger charge is -2.17. The van der Waals surface area contributed by atoms with Crippen molar-refractivity contribution in [1.29, 1.82) is 0 Å². The van der Waals surface area contributed by atoms with Crippen molar-refractivity contribution in [3.8, 4) is 0 Å². The molecular formula is C16H16ClFN2S. The summed E-state index contributed by atoms with van der Waals surface area (Å²) in [5.74, 6) is 1.18. The van der Waals surface area contributed by atoms with Gasteiger partial charge in [-0.3, -0.25) is 0 Å². The van der Waals surface area contributed by atoms with E-state index in [0.29, 0.717) is 17.8 Å². The molecule has 2 heterocycles. The van der Waals surface area contributed by atoms with E-state index < -0.39 is 0 Å². The molecule has 0 amide bonds. The third-order valence-electron chi connectivity index (χ3n) is 3.59. The van der Waals surface area contributed by atoms with Crippen molar-refractivity contribution >= 4 is 34.0 Å². The lowest BCUT2D eigenvalue weighted by atomic mass is 10.1. The van der Waals surface area contributed by atoms with Gasteiger partial charge in [-0.1, -0.05) is 0 Å². The first-order valence-corrected chi connectivity index (χ1v) is 8.40. The minimum absolute atomic E-state index is 0.255. The van der Waals surface area contributed by atoms with Gasteiger partial charge in [-0.15, -0.1) is 11.6 Å². The number of aryl methyl sites for hydroxylation is 1. The van der Waals surface area contributed by atoms with Crippen LogP contribution >= 0.6 is 22.9 Å². The fourth-order valence-electron chi connectivity index (χ4n) is 2.72. The second kappa shape index (κ2) is 6.16. The Hall–Kier alpha value is -1.39. The Bertz CT molecular complexity index is 736. The maximum absolute atomic E-state index is 13.4. The zero-order chi connectivity index (χ0) is 14.8. The first-order chi connectivity index (χ1) is 10.2. The molecule has 1 atom stereocenters. The molecular weight excluding hydrogens is 307 g/mol. The summed E-state index contributed by atoms with van der Waals surface area (Å²) in [6, 6.07) is 7.18. The quantitative estimate of drug-likeness (QED) is 0.616. The molecule has 1 aromatic carbocycles. The topological polar surface area (TPSA) is 17.8 Å². The molecule has 0 saturated heterocycles. The minimum atomic E-state index is -0.255. The monoisotopic (exact) mass is 322 g/mol. The highest BCUT2D eigenvalue weighted by Crippen LogP contribution is 2.25. The summed E-state index contributed by atoms with van der Waals surface area (Å²) in [7, 11) is 0. The predicted octanol–water partition coefficient (Wildman–Crippen LogP) is 4.82. The van der Waals surface area contributed by atoms with Crippen LogP contribution in [0.25, 0.3) is 11.0 Å². The van der Waals surface area contributed by atoms with Gasteiger partial charge < -0.3 is 4.57 Å². The molecule has 0 spiro atoms. The second-order valence-corrected chi connectivity index (χ2v) is 6.31. The Balaban J connectivity index is 2.03. The van der Waals surface area contributed by atoms with E-state index in [1.165, 1.54) is 17.7 Å². The standard InChI is InChI=1S/C16H16ClFN2S/c1-11(8-12-5-7-21-10-12)20-15-3-2-13(18)9-14(15)19-16(20)4-6-17/h2-3,5,7,9-11H,4,6,8H2,1H3. The lowest BCUT2D eigenvalue weighted by molar-refractivity contribution is 0.538. The van der Waals surface area contributed by atoms with Crippen molar-refractivity contribution < 1.29 is 4.39 Å². The van der Waals surface area contributed by atoms with Gasteiger partial charge in [-0.25, -0.2) is 9.37 Å². The zero-order valence-electron chi connectivity index (χ0n) is 11.7. The van der Waals surface area contributed by atoms with Gasteiger partial charge in [0.05, 0.1) is 11.0 Å². The highest BCUT2D eigenvalue weighted by atomic mass is 35.5. The number of benzene rings is 1. The number of hydrogen-bond acceptors (Lipinski definition) is 2. The number of thiophene rings is 1. The minimum Gasteiger partial charge on any atom is -0.325 e. The first-order valence-electron chi connectivity index (χ1n) is 6.92. The molecule has 0 radical (unpaired) electrons. The van der Waals surface area contributed by atoms with E-state index in [4.69, 9.17) is 11.6 Å². The predicted molar refractivity (Wildman–Crippen MR) is 86.8 cm³/mol. The van der Waals surface area contributed by atoms with Crippen molar-refractivity contribution in [3.63, 3.8) is 0 Å². The number of fused-ring (bicyclic) bond motifs is 1. The smallest absolute Gasteiger partial charge is 0.125 e. The van der Waals surface area contributed by atoms with E-state index in [2.05, 4.69) is 33.3 Å². The molecule has 1 unspecified atom stereocenters. The summed E-state index contributed by atoms with van der Waals surface area (Å²) in [4.78, 5) is 4.55. The fraction of sp³-hybridized carbons (Fsp3) is 0.312. The Kier molecular flexibility index (Phi) is 4.27. The largest absolute Gasteiger partial charge is 0.325 e. The van der Waals surface area contributed by atoms with Gasteiger partial charge >= 0.3 is 0 Å². The molecule has 110 valence electrons. The van der Waals surface area contributed by atoms with Crippen LogP contribution in [0.3, 0.4) is 0 Å². The summed E-state index contributed by atoms with van der Waals surface area (Å²) < 4.78 is 15.6. The third-order valence-corrected chi connectivity index (χ3v) is 4.52. The molecule has 0 fully saturated rings. The Morgan fingerprint density at radius 1 is 1.38 bits per heavy atom. The van der Waals surface area contributed by atoms with Crippen molar-refractivity contribution in [2.45, 2.75) is 25.8 Å². The molecule has 0 bridgehead atoms. The molecule has 2 aromatic heterocycles. The molecule has 21 heavy (non-hydrogen) atoms. The van der Waals surface area contributed by atoms with E-state index in [1.807, 2.05) is 0 Å². The maximum atomic E-state index is 13.4. The maximum Gasteiger partial charge on any atom is 0.125 e. The number of halogens is 2. The normalized spacial score (nSPS) is 12.9. The number of hydrogen-bond donors (Lipinski definition) is 0. The van der Waals surface area contributed by atoms with Gasteiger partial charge in [0.15, 0.2) is 0 Å². The van der Waals surface area contributed by atoms with Crippen LogP contribution in [-0.4, -0.2) is 15.4 Å². The summed E-state index contributed by atoms with van der Waals surface area (Å²) >= 11 is 7.59. The number of aromatic nitrogens is 2. The molecule has 0 N–H and O–H groups in total. The summed E-state index contributed by atoms with van der Waals surface area (Å²) in [6.07, 6.45) is 1.62. The SMILES string of the molecule is CC(Cc1ccsc1)n1c(CCCl)nc2cc(F)ccc21. The highest BCUT2D eigenvalue weighted by Gasteiger charge is 2.16. The number of nitrogens with zero attached hydrogens (tertiary/aromatic N) is 2. The molecule has 0 aliphatic heterocycles. The molecule has 5 heteroatoms. The number of imidazole rings is 1. The van der Waals surface area contributed by atoms with E-state index in [9.17, 15) is 4.39 Å². The lowest BCUT2D eigenvalue weighted by Crippen LogP contribution is -2.12. The van der Waals surface area contributed by atoms with Crippen LogP contribution in [0.2, 0.25) is 0 Å². The molecule has 0 aliphatic carbocycles. The molecule has 0 aliphatic rings. The van der Waals surface area contributed by atoms with Crippen LogP contribution in [-0.2, 0) is 12.8 Å². The van der Waals surface area contributed by atoms with Gasteiger partial charge in [0, 0.05) is 24.4 Å². The van der Waals surface area contributed by atoms with E-state index in [1.54, 1.807) is 17.4 Å². The average molecular weight is 323 g/mol. The van der Waals surface area contributed by atoms with Crippen LogP contribution in [0.4, 0.5) is 4.39 Å². The van der Waals surface area contributed by atoms with E-state index in [-0.39, 0.29) is 11.9 Å². The van der Waals surface area contributed by atoms with Gasteiger partial charge in [0.1, 0.15) is 11.6 Å². The summed E-state index contributed by atoms with van der Waals surface area (Å²) in [5.41, 5.74) is 2.99. The molecule has 2 nitrogen and oxygen atoms in total. The van der Waals surface area contributed by atoms with Crippen molar-refractivity contribution in [2.24, 2.45) is 0 Å². The molecule has 3 rings (SSSR count). The zero-order valence-corrected chi connectivity index (χ0v) is 13.3. The third kappa shape index (κ3) is 2.97. The van der Waals surface area contributed by atoms with Gasteiger partial charge in [0.25, 0.3) is 0 Å².